The minimum atomic E-state index is -4.90. The van der Waals surface area contributed by atoms with E-state index in [1.807, 2.05) is 0 Å². The van der Waals surface area contributed by atoms with E-state index < -0.39 is 48.9 Å². The third-order valence-corrected chi connectivity index (χ3v) is 7.21. The summed E-state index contributed by atoms with van der Waals surface area (Å²) in [6, 6.07) is 0.932. The van der Waals surface area contributed by atoms with Gasteiger partial charge >= 0.3 is 16.3 Å². The highest BCUT2D eigenvalue weighted by Crippen LogP contribution is 2.38. The first kappa shape index (κ1) is 24.7. The third kappa shape index (κ3) is 8.27. The summed E-state index contributed by atoms with van der Waals surface area (Å²) in [5.41, 5.74) is -2.44. The van der Waals surface area contributed by atoms with Crippen LogP contribution in [0.4, 0.5) is 18.9 Å². The Hall–Kier alpha value is -0.330. The normalized spacial score (nSPS) is 13.0. The maximum absolute atomic E-state index is 12.3. The molecule has 0 saturated heterocycles. The molecule has 0 aromatic heterocycles. The summed E-state index contributed by atoms with van der Waals surface area (Å²) in [6.45, 7) is 0. The van der Waals surface area contributed by atoms with Crippen LogP contribution in [0.25, 0.3) is 0 Å². The molecule has 0 radical (unpaired) electrons. The fraction of sp³-hybridized carbons (Fsp3) is 0.250. The predicted octanol–water partition coefficient (Wildman–Crippen LogP) is 2.93. The van der Waals surface area contributed by atoms with Gasteiger partial charge in [-0.2, -0.15) is 21.6 Å². The van der Waals surface area contributed by atoms with Crippen molar-refractivity contribution < 1.29 is 39.5 Å². The van der Waals surface area contributed by atoms with Gasteiger partial charge in [-0.05, 0) is 53.9 Å². The predicted molar refractivity (Wildman–Crippen MR) is 90.5 cm³/mol. The first-order valence-corrected chi connectivity index (χ1v) is 10.6. The molecule has 25 heavy (non-hydrogen) atoms. The third-order valence-electron chi connectivity index (χ3n) is 2.05. The van der Waals surface area contributed by atoms with Crippen LogP contribution in [0, 0.1) is 10.1 Å². The highest BCUT2D eigenvalue weighted by atomic mass is 80.0. The molecule has 0 aliphatic heterocycles. The number of primary sulfonamides is 1. The number of non-ortho nitro benzene ring substituents is 1. The van der Waals surface area contributed by atoms with Gasteiger partial charge in [-0.25, -0.2) is 13.6 Å². The van der Waals surface area contributed by atoms with E-state index in [1.165, 1.54) is 0 Å². The van der Waals surface area contributed by atoms with Crippen molar-refractivity contribution in [3.05, 3.63) is 33.9 Å². The summed E-state index contributed by atoms with van der Waals surface area (Å²) >= 11 is 7.78. The quantitative estimate of drug-likeness (QED) is 0.228. The average molecular weight is 603 g/mol. The molecule has 9 nitrogen and oxygen atoms in total. The molecular weight excluding hydrogens is 597 g/mol. The van der Waals surface area contributed by atoms with Gasteiger partial charge in [0.15, 0.2) is 0 Å². The first-order chi connectivity index (χ1) is 10.8. The number of nitro benzene ring substituents is 1. The average Bonchev–Trinajstić information content (AvgIpc) is 2.34. The zero-order valence-electron chi connectivity index (χ0n) is 11.2. The molecule has 0 bridgehead atoms. The number of alkyl halides is 6. The Morgan fingerprint density at radius 3 is 1.72 bits per heavy atom. The van der Waals surface area contributed by atoms with Crippen molar-refractivity contribution in [2.24, 2.45) is 5.14 Å². The van der Waals surface area contributed by atoms with Gasteiger partial charge in [0.25, 0.3) is 7.16 Å². The minimum Gasteiger partial charge on any atom is -0.283 e. The van der Waals surface area contributed by atoms with Crippen LogP contribution in [0.3, 0.4) is 0 Å². The Kier molecular flexibility index (Phi) is 8.03. The summed E-state index contributed by atoms with van der Waals surface area (Å²) in [5.74, 6) is 0. The lowest BCUT2D eigenvalue weighted by molar-refractivity contribution is -0.385. The van der Waals surface area contributed by atoms with Crippen molar-refractivity contribution in [3.8, 4) is 0 Å². The highest BCUT2D eigenvalue weighted by molar-refractivity contribution is 9.42. The molecule has 0 aliphatic rings. The molecule has 0 atom stereocenters. The number of hydrogen-bond acceptors (Lipinski definition) is 6. The van der Waals surface area contributed by atoms with Gasteiger partial charge in [0, 0.05) is 12.1 Å². The lowest BCUT2D eigenvalue weighted by atomic mass is 10.2. The smallest absolute Gasteiger partial charge is 0.283 e. The molecule has 1 aromatic rings. The van der Waals surface area contributed by atoms with E-state index in [0.717, 1.165) is 0 Å². The fourth-order valence-corrected chi connectivity index (χ4v) is 1.59. The largest absolute Gasteiger partial charge is 0.416 e. The number of nitro groups is 1. The minimum absolute atomic E-state index is 0.231. The Labute approximate surface area is 164 Å². The maximum atomic E-state index is 12.3. The van der Waals surface area contributed by atoms with Gasteiger partial charge in [-0.1, -0.05) is 0 Å². The zero-order chi connectivity index (χ0) is 20.4. The van der Waals surface area contributed by atoms with Crippen molar-refractivity contribution >= 4 is 73.6 Å². The van der Waals surface area contributed by atoms with Crippen molar-refractivity contribution in [2.75, 3.05) is 0 Å². The van der Waals surface area contributed by atoms with Crippen LogP contribution in [0.15, 0.2) is 23.1 Å². The molecule has 17 heteroatoms. The van der Waals surface area contributed by atoms with Crippen LogP contribution in [0.2, 0.25) is 0 Å². The molecule has 0 amide bonds. The summed E-state index contributed by atoms with van der Waals surface area (Å²) in [6.07, 6.45) is -4.90. The van der Waals surface area contributed by atoms with E-state index in [-0.39, 0.29) is 12.1 Å². The number of sulfonamides is 1. The number of rotatable bonds is 2. The van der Waals surface area contributed by atoms with Crippen LogP contribution in [0.1, 0.15) is 5.56 Å². The molecule has 0 spiro atoms. The second-order valence-electron chi connectivity index (χ2n) is 3.94. The number of hydrogen-bond donors (Lipinski definition) is 2. The topological polar surface area (TPSA) is 158 Å². The first-order valence-electron chi connectivity index (χ1n) is 5.20. The highest BCUT2D eigenvalue weighted by Gasteiger charge is 2.34. The zero-order valence-corrected chi connectivity index (χ0v) is 17.6. The molecule has 0 unspecified atom stereocenters. The van der Waals surface area contributed by atoms with E-state index >= 15 is 0 Å². The number of nitrogens with two attached hydrogens (primary N) is 1. The second-order valence-corrected chi connectivity index (χ2v) is 15.4. The van der Waals surface area contributed by atoms with Crippen LogP contribution < -0.4 is 5.14 Å². The number of benzene rings is 1. The van der Waals surface area contributed by atoms with E-state index in [9.17, 15) is 40.1 Å². The molecular formula is C8H6Br3F3N2O7S2. The van der Waals surface area contributed by atoms with Gasteiger partial charge in [-0.15, -0.1) is 0 Å². The van der Waals surface area contributed by atoms with Crippen molar-refractivity contribution in [1.29, 1.82) is 0 Å². The molecule has 3 N–H and O–H groups in total. The van der Waals surface area contributed by atoms with Crippen molar-refractivity contribution in [3.63, 3.8) is 0 Å². The fourth-order valence-electron chi connectivity index (χ4n) is 1.02. The van der Waals surface area contributed by atoms with E-state index in [2.05, 4.69) is 52.9 Å². The molecule has 0 fully saturated rings. The van der Waals surface area contributed by atoms with Crippen LogP contribution in [-0.2, 0) is 26.3 Å². The Balaban J connectivity index is 0.000000609. The van der Waals surface area contributed by atoms with Gasteiger partial charge in [0.2, 0.25) is 10.0 Å². The van der Waals surface area contributed by atoms with E-state index in [4.69, 9.17) is 4.55 Å². The van der Waals surface area contributed by atoms with Gasteiger partial charge in [0.05, 0.1) is 15.4 Å². The lowest BCUT2D eigenvalue weighted by Gasteiger charge is -2.07. The number of halogens is 6. The number of nitrogens with zero attached hydrogens (tertiary/aromatic N) is 1. The van der Waals surface area contributed by atoms with Gasteiger partial charge in [0.1, 0.15) is 0 Å². The van der Waals surface area contributed by atoms with Gasteiger partial charge in [-0.3, -0.25) is 14.7 Å². The van der Waals surface area contributed by atoms with Gasteiger partial charge < -0.3 is 0 Å². The Morgan fingerprint density at radius 2 is 1.48 bits per heavy atom. The van der Waals surface area contributed by atoms with Crippen LogP contribution in [-0.4, -0.2) is 27.8 Å². The standard InChI is InChI=1S/C7H5F3N2O4S.CHBr3O3S/c8-7(9,10)4-1-5(12(13)14)3-6(2-4)17(11,15)16;2-1(3,4)8(5,6)7/h1-3H,(H2,11,15,16);(H,5,6,7). The summed E-state index contributed by atoms with van der Waals surface area (Å²) in [4.78, 5) is 8.27. The molecule has 1 aromatic carbocycles. The lowest BCUT2D eigenvalue weighted by Crippen LogP contribution is -2.15. The summed E-state index contributed by atoms with van der Waals surface area (Å²) in [5, 5.41) is 15.0. The molecule has 144 valence electrons. The molecule has 0 saturated carbocycles. The second kappa shape index (κ2) is 8.13. The Morgan fingerprint density at radius 1 is 1.08 bits per heavy atom. The SMILES string of the molecule is NS(=O)(=O)c1cc([N+](=O)[O-])cc(C(F)(F)F)c1.O=S(=O)(O)C(Br)(Br)Br. The molecule has 1 rings (SSSR count). The molecule has 0 heterocycles. The maximum Gasteiger partial charge on any atom is 0.416 e. The van der Waals surface area contributed by atoms with Crippen molar-refractivity contribution in [1.82, 2.24) is 0 Å². The van der Waals surface area contributed by atoms with E-state index in [0.29, 0.717) is 6.07 Å². The van der Waals surface area contributed by atoms with Crippen LogP contribution in [0.5, 0.6) is 0 Å². The molecule has 0 aliphatic carbocycles. The summed E-state index contributed by atoms with van der Waals surface area (Å²) < 4.78 is 85.5. The Bertz CT molecular complexity index is 866. The van der Waals surface area contributed by atoms with Crippen molar-refractivity contribution in [2.45, 2.75) is 12.5 Å². The van der Waals surface area contributed by atoms with E-state index in [1.54, 1.807) is 0 Å². The summed E-state index contributed by atoms with van der Waals surface area (Å²) in [7, 11) is -8.54. The van der Waals surface area contributed by atoms with Crippen LogP contribution >= 0.6 is 47.8 Å². The monoisotopic (exact) mass is 600 g/mol.